The molecule has 1 rings (SSSR count). The predicted molar refractivity (Wildman–Crippen MR) is 83.4 cm³/mol. The molecule has 1 aromatic rings. The van der Waals surface area contributed by atoms with Crippen molar-refractivity contribution < 1.29 is 0 Å². The van der Waals surface area contributed by atoms with Crippen molar-refractivity contribution in [2.75, 3.05) is 11.5 Å². The van der Waals surface area contributed by atoms with E-state index in [0.29, 0.717) is 0 Å². The summed E-state index contributed by atoms with van der Waals surface area (Å²) in [6.07, 6.45) is 3.49. The molecular weight excluding hydrogens is 240 g/mol. The van der Waals surface area contributed by atoms with Crippen LogP contribution in [0.4, 0.5) is 0 Å². The van der Waals surface area contributed by atoms with Crippen molar-refractivity contribution in [3.63, 3.8) is 0 Å². The van der Waals surface area contributed by atoms with Gasteiger partial charge in [0.2, 0.25) is 0 Å². The third kappa shape index (κ3) is 5.49. The second kappa shape index (κ2) is 7.25. The molecule has 0 fully saturated rings. The largest absolute Gasteiger partial charge is 0.351 e. The van der Waals surface area contributed by atoms with Crippen LogP contribution in [0.15, 0.2) is 12.3 Å². The number of hydrogen-bond donors (Lipinski definition) is 1. The van der Waals surface area contributed by atoms with E-state index in [1.54, 1.807) is 0 Å². The van der Waals surface area contributed by atoms with Gasteiger partial charge >= 0.3 is 0 Å². The van der Waals surface area contributed by atoms with Gasteiger partial charge in [-0.3, -0.25) is 0 Å². The predicted octanol–water partition coefficient (Wildman–Crippen LogP) is 3.83. The maximum absolute atomic E-state index is 3.55. The highest BCUT2D eigenvalue weighted by Crippen LogP contribution is 2.13. The zero-order chi connectivity index (χ0) is 13.6. The topological polar surface area (TPSA) is 17.0 Å². The van der Waals surface area contributed by atoms with Gasteiger partial charge < -0.3 is 9.88 Å². The molecule has 18 heavy (non-hydrogen) atoms. The van der Waals surface area contributed by atoms with Gasteiger partial charge in [-0.05, 0) is 57.3 Å². The Morgan fingerprint density at radius 2 is 2.06 bits per heavy atom. The number of rotatable bonds is 7. The zero-order valence-electron chi connectivity index (χ0n) is 12.5. The standard InChI is InChI=1S/C15H28N2S/c1-6-18-11-7-9-17-10-8-14(13(17)2)12-16-15(3,4)5/h8,10,16H,6-7,9,11-12H2,1-5H3. The van der Waals surface area contributed by atoms with E-state index in [4.69, 9.17) is 0 Å². The summed E-state index contributed by atoms with van der Waals surface area (Å²) in [5, 5.41) is 3.55. The van der Waals surface area contributed by atoms with Crippen molar-refractivity contribution in [2.45, 2.75) is 59.7 Å². The van der Waals surface area contributed by atoms with E-state index < -0.39 is 0 Å². The summed E-state index contributed by atoms with van der Waals surface area (Å²) in [6.45, 7) is 13.2. The lowest BCUT2D eigenvalue weighted by atomic mass is 10.1. The lowest BCUT2D eigenvalue weighted by Crippen LogP contribution is -2.35. The van der Waals surface area contributed by atoms with Crippen molar-refractivity contribution in [3.8, 4) is 0 Å². The smallest absolute Gasteiger partial charge is 0.0230 e. The van der Waals surface area contributed by atoms with Gasteiger partial charge in [0.15, 0.2) is 0 Å². The van der Waals surface area contributed by atoms with Crippen LogP contribution in [0.25, 0.3) is 0 Å². The highest BCUT2D eigenvalue weighted by Gasteiger charge is 2.10. The number of aromatic nitrogens is 1. The molecule has 0 unspecified atom stereocenters. The van der Waals surface area contributed by atoms with Crippen LogP contribution in [0, 0.1) is 6.92 Å². The molecule has 0 aromatic carbocycles. The minimum absolute atomic E-state index is 0.187. The average molecular weight is 268 g/mol. The van der Waals surface area contributed by atoms with Gasteiger partial charge in [-0.2, -0.15) is 11.8 Å². The van der Waals surface area contributed by atoms with Gasteiger partial charge in [0.05, 0.1) is 0 Å². The molecule has 1 N–H and O–H groups in total. The Balaban J connectivity index is 2.45. The lowest BCUT2D eigenvalue weighted by molar-refractivity contribution is 0.423. The van der Waals surface area contributed by atoms with Crippen LogP contribution in [-0.2, 0) is 13.1 Å². The van der Waals surface area contributed by atoms with Crippen molar-refractivity contribution in [3.05, 3.63) is 23.5 Å². The Morgan fingerprint density at radius 3 is 2.67 bits per heavy atom. The first-order chi connectivity index (χ1) is 8.44. The van der Waals surface area contributed by atoms with Crippen LogP contribution in [0.1, 0.15) is 45.4 Å². The minimum Gasteiger partial charge on any atom is -0.351 e. The first kappa shape index (κ1) is 15.6. The molecule has 1 heterocycles. The lowest BCUT2D eigenvalue weighted by Gasteiger charge is -2.20. The highest BCUT2D eigenvalue weighted by molar-refractivity contribution is 7.99. The molecule has 0 atom stereocenters. The first-order valence-electron chi connectivity index (χ1n) is 6.91. The number of nitrogens with one attached hydrogen (secondary N) is 1. The van der Waals surface area contributed by atoms with E-state index in [1.165, 1.54) is 29.2 Å². The summed E-state index contributed by atoms with van der Waals surface area (Å²) >= 11 is 2.03. The van der Waals surface area contributed by atoms with Gasteiger partial charge in [0.25, 0.3) is 0 Å². The van der Waals surface area contributed by atoms with E-state index in [9.17, 15) is 0 Å². The quantitative estimate of drug-likeness (QED) is 0.757. The van der Waals surface area contributed by atoms with Crippen molar-refractivity contribution >= 4 is 11.8 Å². The SMILES string of the molecule is CCSCCCn1ccc(CNC(C)(C)C)c1C. The summed E-state index contributed by atoms with van der Waals surface area (Å²) in [4.78, 5) is 0. The maximum Gasteiger partial charge on any atom is 0.0230 e. The third-order valence-corrected chi connectivity index (χ3v) is 4.04. The van der Waals surface area contributed by atoms with E-state index in [-0.39, 0.29) is 5.54 Å². The van der Waals surface area contributed by atoms with Crippen molar-refractivity contribution in [2.24, 2.45) is 0 Å². The molecule has 0 aliphatic carbocycles. The van der Waals surface area contributed by atoms with Crippen LogP contribution in [-0.4, -0.2) is 21.6 Å². The fourth-order valence-electron chi connectivity index (χ4n) is 1.87. The summed E-state index contributed by atoms with van der Waals surface area (Å²) in [6, 6.07) is 2.25. The number of nitrogens with zero attached hydrogens (tertiary/aromatic N) is 1. The molecule has 0 saturated carbocycles. The summed E-state index contributed by atoms with van der Waals surface area (Å²) in [5.74, 6) is 2.50. The summed E-state index contributed by atoms with van der Waals surface area (Å²) < 4.78 is 2.38. The normalized spacial score (nSPS) is 12.1. The van der Waals surface area contributed by atoms with Gasteiger partial charge in [-0.25, -0.2) is 0 Å². The van der Waals surface area contributed by atoms with Gasteiger partial charge in [-0.15, -0.1) is 0 Å². The van der Waals surface area contributed by atoms with Crippen molar-refractivity contribution in [1.82, 2.24) is 9.88 Å². The minimum atomic E-state index is 0.187. The molecule has 0 aliphatic heterocycles. The fraction of sp³-hybridized carbons (Fsp3) is 0.733. The van der Waals surface area contributed by atoms with Crippen LogP contribution in [0.3, 0.4) is 0 Å². The number of aryl methyl sites for hydroxylation is 1. The Bertz CT molecular complexity index is 350. The van der Waals surface area contributed by atoms with E-state index in [2.05, 4.69) is 56.8 Å². The molecule has 2 nitrogen and oxygen atoms in total. The molecule has 104 valence electrons. The third-order valence-electron chi connectivity index (χ3n) is 3.05. The first-order valence-corrected chi connectivity index (χ1v) is 8.07. The highest BCUT2D eigenvalue weighted by atomic mass is 32.2. The van der Waals surface area contributed by atoms with Gasteiger partial charge in [0.1, 0.15) is 0 Å². The molecule has 3 heteroatoms. The van der Waals surface area contributed by atoms with E-state index in [0.717, 1.165) is 13.1 Å². The Kier molecular flexibility index (Phi) is 6.30. The molecular formula is C15H28N2S. The summed E-state index contributed by atoms with van der Waals surface area (Å²) in [7, 11) is 0. The number of hydrogen-bond acceptors (Lipinski definition) is 2. The molecule has 0 bridgehead atoms. The Morgan fingerprint density at radius 1 is 1.33 bits per heavy atom. The molecule has 0 spiro atoms. The monoisotopic (exact) mass is 268 g/mol. The van der Waals surface area contributed by atoms with Gasteiger partial charge in [0, 0.05) is 30.5 Å². The Labute approximate surface area is 117 Å². The second-order valence-corrected chi connectivity index (χ2v) is 7.17. The van der Waals surface area contributed by atoms with Gasteiger partial charge in [-0.1, -0.05) is 6.92 Å². The van der Waals surface area contributed by atoms with Crippen molar-refractivity contribution in [1.29, 1.82) is 0 Å². The fourth-order valence-corrected chi connectivity index (χ4v) is 2.49. The van der Waals surface area contributed by atoms with Crippen LogP contribution in [0.2, 0.25) is 0 Å². The second-order valence-electron chi connectivity index (χ2n) is 5.77. The molecule has 0 radical (unpaired) electrons. The zero-order valence-corrected chi connectivity index (χ0v) is 13.4. The van der Waals surface area contributed by atoms with Crippen LogP contribution >= 0.6 is 11.8 Å². The maximum atomic E-state index is 3.55. The molecule has 0 saturated heterocycles. The number of thioether (sulfide) groups is 1. The Hall–Kier alpha value is -0.410. The van der Waals surface area contributed by atoms with Crippen LogP contribution < -0.4 is 5.32 Å². The molecule has 0 amide bonds. The van der Waals surface area contributed by atoms with E-state index in [1.807, 2.05) is 11.8 Å². The average Bonchev–Trinajstić information content (AvgIpc) is 2.63. The summed E-state index contributed by atoms with van der Waals surface area (Å²) in [5.41, 5.74) is 3.02. The molecule has 0 aliphatic rings. The van der Waals surface area contributed by atoms with Crippen LogP contribution in [0.5, 0.6) is 0 Å². The molecule has 1 aromatic heterocycles. The van der Waals surface area contributed by atoms with E-state index >= 15 is 0 Å².